The molecule has 0 aliphatic carbocycles. The van der Waals surface area contributed by atoms with Gasteiger partial charge < -0.3 is 10.6 Å². The summed E-state index contributed by atoms with van der Waals surface area (Å²) >= 11 is 5.09. The molecule has 1 aliphatic rings. The Bertz CT molecular complexity index is 159. The topological polar surface area (TPSA) is 24.1 Å². The van der Waals surface area contributed by atoms with Crippen LogP contribution in [0, 0.1) is 11.8 Å². The highest BCUT2D eigenvalue weighted by molar-refractivity contribution is 7.80. The van der Waals surface area contributed by atoms with Gasteiger partial charge in [-0.2, -0.15) is 0 Å². The van der Waals surface area contributed by atoms with E-state index in [2.05, 4.69) is 38.3 Å². The zero-order valence-electron chi connectivity index (χ0n) is 8.22. The van der Waals surface area contributed by atoms with E-state index < -0.39 is 0 Å². The summed E-state index contributed by atoms with van der Waals surface area (Å²) in [6.07, 6.45) is 0. The molecule has 0 amide bonds. The average molecular weight is 186 g/mol. The summed E-state index contributed by atoms with van der Waals surface area (Å²) in [6, 6.07) is 0.995. The predicted octanol–water partition coefficient (Wildman–Crippen LogP) is 1.51. The summed E-state index contributed by atoms with van der Waals surface area (Å²) in [7, 11) is 0. The standard InChI is InChI=1S/C9H18N2S/c1-5(2)7-8(6(3)4)11-9(12)10-7/h5-8H,1-4H3,(H2,10,11,12)/t7-,8-/m0/s1. The first-order chi connectivity index (χ1) is 5.52. The summed E-state index contributed by atoms with van der Waals surface area (Å²) in [4.78, 5) is 0. The van der Waals surface area contributed by atoms with E-state index in [9.17, 15) is 0 Å². The lowest BCUT2D eigenvalue weighted by Crippen LogP contribution is -2.41. The molecule has 2 atom stereocenters. The molecule has 12 heavy (non-hydrogen) atoms. The van der Waals surface area contributed by atoms with Crippen molar-refractivity contribution in [3.05, 3.63) is 0 Å². The van der Waals surface area contributed by atoms with Crippen molar-refractivity contribution in [2.75, 3.05) is 0 Å². The van der Waals surface area contributed by atoms with E-state index in [0.717, 1.165) is 5.11 Å². The molecule has 0 bridgehead atoms. The Morgan fingerprint density at radius 1 is 1.00 bits per heavy atom. The number of rotatable bonds is 2. The first kappa shape index (κ1) is 9.78. The normalized spacial score (nSPS) is 29.3. The quantitative estimate of drug-likeness (QED) is 0.639. The lowest BCUT2D eigenvalue weighted by atomic mass is 9.90. The Labute approximate surface area is 80.1 Å². The van der Waals surface area contributed by atoms with Crippen molar-refractivity contribution in [1.82, 2.24) is 10.6 Å². The molecular formula is C9H18N2S. The van der Waals surface area contributed by atoms with Crippen LogP contribution in [0.25, 0.3) is 0 Å². The molecule has 0 aromatic heterocycles. The second-order valence-electron chi connectivity index (χ2n) is 4.16. The third-order valence-electron chi connectivity index (χ3n) is 2.42. The highest BCUT2D eigenvalue weighted by atomic mass is 32.1. The molecule has 2 N–H and O–H groups in total. The Balaban J connectivity index is 2.65. The molecule has 70 valence electrons. The van der Waals surface area contributed by atoms with Crippen LogP contribution < -0.4 is 10.6 Å². The van der Waals surface area contributed by atoms with Gasteiger partial charge in [0, 0.05) is 0 Å². The van der Waals surface area contributed by atoms with Gasteiger partial charge in [-0.05, 0) is 24.1 Å². The lowest BCUT2D eigenvalue weighted by Gasteiger charge is -2.24. The molecule has 2 nitrogen and oxygen atoms in total. The highest BCUT2D eigenvalue weighted by Crippen LogP contribution is 2.17. The molecule has 1 fully saturated rings. The third-order valence-corrected chi connectivity index (χ3v) is 2.65. The average Bonchev–Trinajstić information content (AvgIpc) is 2.31. The van der Waals surface area contributed by atoms with Gasteiger partial charge in [0.05, 0.1) is 12.1 Å². The van der Waals surface area contributed by atoms with Crippen molar-refractivity contribution in [3.63, 3.8) is 0 Å². The van der Waals surface area contributed by atoms with E-state index >= 15 is 0 Å². The van der Waals surface area contributed by atoms with Crippen LogP contribution in [-0.2, 0) is 0 Å². The second kappa shape index (κ2) is 3.60. The Kier molecular flexibility index (Phi) is 2.94. The molecule has 0 unspecified atom stereocenters. The van der Waals surface area contributed by atoms with Crippen LogP contribution in [0.4, 0.5) is 0 Å². The van der Waals surface area contributed by atoms with Crippen LogP contribution >= 0.6 is 12.2 Å². The fourth-order valence-corrected chi connectivity index (χ4v) is 1.96. The number of nitrogens with one attached hydrogen (secondary N) is 2. The van der Waals surface area contributed by atoms with Gasteiger partial charge in [-0.25, -0.2) is 0 Å². The summed E-state index contributed by atoms with van der Waals surface area (Å²) < 4.78 is 0. The summed E-state index contributed by atoms with van der Waals surface area (Å²) in [6.45, 7) is 8.90. The fraction of sp³-hybridized carbons (Fsp3) is 0.889. The minimum Gasteiger partial charge on any atom is -0.358 e. The van der Waals surface area contributed by atoms with Gasteiger partial charge >= 0.3 is 0 Å². The minimum atomic E-state index is 0.498. The fourth-order valence-electron chi connectivity index (χ4n) is 1.69. The van der Waals surface area contributed by atoms with Crippen LogP contribution in [0.15, 0.2) is 0 Å². The maximum atomic E-state index is 5.09. The van der Waals surface area contributed by atoms with Crippen LogP contribution in [-0.4, -0.2) is 17.2 Å². The van der Waals surface area contributed by atoms with Crippen molar-refractivity contribution < 1.29 is 0 Å². The van der Waals surface area contributed by atoms with Crippen molar-refractivity contribution in [3.8, 4) is 0 Å². The molecular weight excluding hydrogens is 168 g/mol. The van der Waals surface area contributed by atoms with Crippen LogP contribution in [0.2, 0.25) is 0 Å². The molecule has 1 saturated heterocycles. The summed E-state index contributed by atoms with van der Waals surface area (Å²) in [5.74, 6) is 1.26. The Hall–Kier alpha value is -0.310. The maximum Gasteiger partial charge on any atom is 0.166 e. The van der Waals surface area contributed by atoms with Gasteiger partial charge in [0.1, 0.15) is 0 Å². The molecule has 1 rings (SSSR count). The van der Waals surface area contributed by atoms with Gasteiger partial charge in [0.25, 0.3) is 0 Å². The number of thiocarbonyl (C=S) groups is 1. The van der Waals surface area contributed by atoms with E-state index in [-0.39, 0.29) is 0 Å². The van der Waals surface area contributed by atoms with Crippen molar-refractivity contribution in [1.29, 1.82) is 0 Å². The predicted molar refractivity (Wildman–Crippen MR) is 56.1 cm³/mol. The molecule has 1 heterocycles. The van der Waals surface area contributed by atoms with E-state index in [4.69, 9.17) is 12.2 Å². The van der Waals surface area contributed by atoms with E-state index in [0.29, 0.717) is 23.9 Å². The van der Waals surface area contributed by atoms with Crippen molar-refractivity contribution in [2.45, 2.75) is 39.8 Å². The largest absolute Gasteiger partial charge is 0.358 e. The number of hydrogen-bond donors (Lipinski definition) is 2. The molecule has 1 aliphatic heterocycles. The van der Waals surface area contributed by atoms with Gasteiger partial charge in [0.15, 0.2) is 5.11 Å². The van der Waals surface area contributed by atoms with Gasteiger partial charge in [0.2, 0.25) is 0 Å². The zero-order chi connectivity index (χ0) is 9.30. The van der Waals surface area contributed by atoms with Crippen LogP contribution in [0.3, 0.4) is 0 Å². The van der Waals surface area contributed by atoms with Gasteiger partial charge in [-0.1, -0.05) is 27.7 Å². The Morgan fingerprint density at radius 2 is 1.33 bits per heavy atom. The first-order valence-corrected chi connectivity index (χ1v) is 5.00. The minimum absolute atomic E-state index is 0.498. The summed E-state index contributed by atoms with van der Waals surface area (Å²) in [5, 5.41) is 7.42. The van der Waals surface area contributed by atoms with Gasteiger partial charge in [-0.15, -0.1) is 0 Å². The molecule has 0 aromatic carbocycles. The van der Waals surface area contributed by atoms with E-state index in [1.165, 1.54) is 0 Å². The third kappa shape index (κ3) is 1.89. The first-order valence-electron chi connectivity index (χ1n) is 4.59. The van der Waals surface area contributed by atoms with Crippen molar-refractivity contribution >= 4 is 17.3 Å². The van der Waals surface area contributed by atoms with E-state index in [1.807, 2.05) is 0 Å². The summed E-state index contributed by atoms with van der Waals surface area (Å²) in [5.41, 5.74) is 0. The lowest BCUT2D eigenvalue weighted by molar-refractivity contribution is 0.337. The molecule has 0 saturated carbocycles. The smallest absolute Gasteiger partial charge is 0.166 e. The second-order valence-corrected chi connectivity index (χ2v) is 4.57. The maximum absolute atomic E-state index is 5.09. The SMILES string of the molecule is CC(C)[C@@H]1NC(=S)N[C@H]1C(C)C. The molecule has 3 heteroatoms. The highest BCUT2D eigenvalue weighted by Gasteiger charge is 2.33. The van der Waals surface area contributed by atoms with Crippen molar-refractivity contribution in [2.24, 2.45) is 11.8 Å². The monoisotopic (exact) mass is 186 g/mol. The molecule has 0 radical (unpaired) electrons. The zero-order valence-corrected chi connectivity index (χ0v) is 9.03. The van der Waals surface area contributed by atoms with E-state index in [1.54, 1.807) is 0 Å². The molecule has 0 aromatic rings. The van der Waals surface area contributed by atoms with Crippen LogP contribution in [0.5, 0.6) is 0 Å². The van der Waals surface area contributed by atoms with Gasteiger partial charge in [-0.3, -0.25) is 0 Å². The number of hydrogen-bond acceptors (Lipinski definition) is 1. The van der Waals surface area contributed by atoms with Crippen LogP contribution in [0.1, 0.15) is 27.7 Å². The molecule has 0 spiro atoms. The Morgan fingerprint density at radius 3 is 1.58 bits per heavy atom.